The Morgan fingerprint density at radius 1 is 0.781 bits per heavy atom. The SMILES string of the molecule is CC(C(=O)N[C@H](Cc1ccc2ccccc2c1)C(=O)O)(c1ccccc1)c1ccccc1. The molecule has 0 radical (unpaired) electrons. The first-order valence-corrected chi connectivity index (χ1v) is 10.6. The summed E-state index contributed by atoms with van der Waals surface area (Å²) in [5.41, 5.74) is 1.44. The first-order chi connectivity index (χ1) is 15.5. The lowest BCUT2D eigenvalue weighted by molar-refractivity contribution is -0.142. The van der Waals surface area contributed by atoms with Crippen LogP contribution >= 0.6 is 0 Å². The van der Waals surface area contributed by atoms with E-state index in [1.54, 1.807) is 0 Å². The zero-order chi connectivity index (χ0) is 22.6. The van der Waals surface area contributed by atoms with Crippen LogP contribution in [0.5, 0.6) is 0 Å². The van der Waals surface area contributed by atoms with Crippen molar-refractivity contribution in [3.05, 3.63) is 120 Å². The van der Waals surface area contributed by atoms with Crippen LogP contribution in [-0.4, -0.2) is 23.0 Å². The third-order valence-electron chi connectivity index (χ3n) is 6.01. The summed E-state index contributed by atoms with van der Waals surface area (Å²) in [5.74, 6) is -1.40. The monoisotopic (exact) mass is 423 g/mol. The number of carboxylic acids is 1. The van der Waals surface area contributed by atoms with E-state index in [4.69, 9.17) is 0 Å². The fraction of sp³-hybridized carbons (Fsp3) is 0.143. The van der Waals surface area contributed by atoms with Crippen molar-refractivity contribution in [1.29, 1.82) is 0 Å². The molecule has 0 unspecified atom stereocenters. The van der Waals surface area contributed by atoms with Crippen molar-refractivity contribution in [2.45, 2.75) is 24.8 Å². The van der Waals surface area contributed by atoms with E-state index in [0.29, 0.717) is 0 Å². The molecule has 4 nitrogen and oxygen atoms in total. The van der Waals surface area contributed by atoms with Crippen LogP contribution in [0.25, 0.3) is 10.8 Å². The van der Waals surface area contributed by atoms with Crippen molar-refractivity contribution < 1.29 is 14.7 Å². The second-order valence-electron chi connectivity index (χ2n) is 8.11. The second kappa shape index (κ2) is 9.06. The van der Waals surface area contributed by atoms with Crippen molar-refractivity contribution in [3.8, 4) is 0 Å². The molecule has 4 aromatic rings. The standard InChI is InChI=1S/C28H25NO3/c1-28(23-12-4-2-5-13-23,24-14-6-3-7-15-24)27(32)29-25(26(30)31)19-20-16-17-21-10-8-9-11-22(21)18-20/h2-18,25H,19H2,1H3,(H,29,32)(H,30,31)/t25-/m1/s1. The number of fused-ring (bicyclic) bond motifs is 1. The second-order valence-corrected chi connectivity index (χ2v) is 8.11. The summed E-state index contributed by atoms with van der Waals surface area (Å²) in [6.45, 7) is 1.84. The number of amides is 1. The molecule has 1 atom stereocenters. The van der Waals surface area contributed by atoms with Gasteiger partial charge in [0.25, 0.3) is 0 Å². The van der Waals surface area contributed by atoms with Gasteiger partial charge in [-0.1, -0.05) is 103 Å². The van der Waals surface area contributed by atoms with Crippen LogP contribution in [0, 0.1) is 0 Å². The minimum absolute atomic E-state index is 0.200. The molecule has 0 heterocycles. The molecular weight excluding hydrogens is 398 g/mol. The van der Waals surface area contributed by atoms with Crippen molar-refractivity contribution in [1.82, 2.24) is 5.32 Å². The molecule has 0 saturated carbocycles. The van der Waals surface area contributed by atoms with Crippen LogP contribution < -0.4 is 5.32 Å². The topological polar surface area (TPSA) is 66.4 Å². The predicted octanol–water partition coefficient (Wildman–Crippen LogP) is 4.96. The van der Waals surface area contributed by atoms with Gasteiger partial charge in [0.05, 0.1) is 5.41 Å². The average molecular weight is 424 g/mol. The summed E-state index contributed by atoms with van der Waals surface area (Å²) >= 11 is 0. The summed E-state index contributed by atoms with van der Waals surface area (Å²) < 4.78 is 0. The maximum Gasteiger partial charge on any atom is 0.326 e. The van der Waals surface area contributed by atoms with Crippen LogP contribution in [0.3, 0.4) is 0 Å². The highest BCUT2D eigenvalue weighted by atomic mass is 16.4. The molecule has 0 spiro atoms. The van der Waals surface area contributed by atoms with Gasteiger partial charge in [0.15, 0.2) is 0 Å². The molecule has 0 aliphatic heterocycles. The van der Waals surface area contributed by atoms with E-state index in [-0.39, 0.29) is 12.3 Å². The molecule has 160 valence electrons. The summed E-state index contributed by atoms with van der Waals surface area (Å²) in [6.07, 6.45) is 0.200. The molecule has 4 rings (SSSR count). The van der Waals surface area contributed by atoms with Crippen molar-refractivity contribution in [2.75, 3.05) is 0 Å². The van der Waals surface area contributed by atoms with E-state index in [2.05, 4.69) is 5.32 Å². The minimum Gasteiger partial charge on any atom is -0.480 e. The molecule has 1 amide bonds. The van der Waals surface area contributed by atoms with Crippen molar-refractivity contribution in [2.24, 2.45) is 0 Å². The minimum atomic E-state index is -1.06. The normalized spacial score (nSPS) is 12.3. The van der Waals surface area contributed by atoms with Gasteiger partial charge in [0.1, 0.15) is 6.04 Å². The van der Waals surface area contributed by atoms with Gasteiger partial charge in [-0.15, -0.1) is 0 Å². The number of benzene rings is 4. The third-order valence-corrected chi connectivity index (χ3v) is 6.01. The average Bonchev–Trinajstić information content (AvgIpc) is 2.84. The summed E-state index contributed by atoms with van der Waals surface area (Å²) in [5, 5.41) is 14.8. The fourth-order valence-corrected chi connectivity index (χ4v) is 4.08. The van der Waals surface area contributed by atoms with Gasteiger partial charge in [-0.25, -0.2) is 4.79 Å². The first-order valence-electron chi connectivity index (χ1n) is 10.6. The number of nitrogens with one attached hydrogen (secondary N) is 1. The molecule has 0 bridgehead atoms. The Morgan fingerprint density at radius 2 is 1.31 bits per heavy atom. The van der Waals surface area contributed by atoms with Gasteiger partial charge in [0.2, 0.25) is 5.91 Å². The Morgan fingerprint density at radius 3 is 1.88 bits per heavy atom. The smallest absolute Gasteiger partial charge is 0.326 e. The molecule has 2 N–H and O–H groups in total. The maximum absolute atomic E-state index is 13.6. The van der Waals surface area contributed by atoms with E-state index in [0.717, 1.165) is 27.5 Å². The van der Waals surface area contributed by atoms with Gasteiger partial charge < -0.3 is 10.4 Å². The first kappa shape index (κ1) is 21.3. The number of rotatable bonds is 7. The van der Waals surface area contributed by atoms with Crippen LogP contribution in [0.2, 0.25) is 0 Å². The molecule has 0 aliphatic rings. The highest BCUT2D eigenvalue weighted by Crippen LogP contribution is 2.32. The molecule has 0 fully saturated rings. The third kappa shape index (κ3) is 4.26. The molecule has 32 heavy (non-hydrogen) atoms. The Kier molecular flexibility index (Phi) is 6.04. The lowest BCUT2D eigenvalue weighted by Crippen LogP contribution is -2.50. The number of carbonyl (C=O) groups is 2. The summed E-state index contributed by atoms with van der Waals surface area (Å²) in [7, 11) is 0. The highest BCUT2D eigenvalue weighted by Gasteiger charge is 2.39. The van der Waals surface area contributed by atoms with E-state index >= 15 is 0 Å². The number of hydrogen-bond acceptors (Lipinski definition) is 2. The zero-order valence-corrected chi connectivity index (χ0v) is 17.9. The zero-order valence-electron chi connectivity index (χ0n) is 17.9. The van der Waals surface area contributed by atoms with Crippen LogP contribution in [-0.2, 0) is 21.4 Å². The Hall–Kier alpha value is -3.92. The molecule has 4 aromatic carbocycles. The lowest BCUT2D eigenvalue weighted by Gasteiger charge is -2.31. The predicted molar refractivity (Wildman–Crippen MR) is 127 cm³/mol. The Labute approximate surface area is 187 Å². The van der Waals surface area contributed by atoms with Gasteiger partial charge in [-0.05, 0) is 34.4 Å². The number of carboxylic acid groups (broad SMARTS) is 1. The summed E-state index contributed by atoms with van der Waals surface area (Å²) in [6, 6.07) is 31.7. The highest BCUT2D eigenvalue weighted by molar-refractivity contribution is 5.94. The van der Waals surface area contributed by atoms with Crippen molar-refractivity contribution >= 4 is 22.6 Å². The summed E-state index contributed by atoms with van der Waals surface area (Å²) in [4.78, 5) is 25.7. The maximum atomic E-state index is 13.6. The van der Waals surface area contributed by atoms with Gasteiger partial charge in [0, 0.05) is 6.42 Å². The number of hydrogen-bond donors (Lipinski definition) is 2. The van der Waals surface area contributed by atoms with E-state index in [1.807, 2.05) is 110 Å². The van der Waals surface area contributed by atoms with Crippen molar-refractivity contribution in [3.63, 3.8) is 0 Å². The number of carbonyl (C=O) groups excluding carboxylic acids is 1. The lowest BCUT2D eigenvalue weighted by atomic mass is 9.75. The van der Waals surface area contributed by atoms with Gasteiger partial charge >= 0.3 is 5.97 Å². The fourth-order valence-electron chi connectivity index (χ4n) is 4.08. The molecular formula is C28H25NO3. The van der Waals surface area contributed by atoms with E-state index < -0.39 is 17.4 Å². The largest absolute Gasteiger partial charge is 0.480 e. The van der Waals surface area contributed by atoms with E-state index in [9.17, 15) is 14.7 Å². The Bertz CT molecular complexity index is 1200. The van der Waals surface area contributed by atoms with E-state index in [1.165, 1.54) is 0 Å². The molecule has 0 aromatic heterocycles. The molecule has 0 saturated heterocycles. The number of aliphatic carboxylic acids is 1. The van der Waals surface area contributed by atoms with Gasteiger partial charge in [-0.2, -0.15) is 0 Å². The van der Waals surface area contributed by atoms with Crippen LogP contribution in [0.1, 0.15) is 23.6 Å². The van der Waals surface area contributed by atoms with Gasteiger partial charge in [-0.3, -0.25) is 4.79 Å². The molecule has 0 aliphatic carbocycles. The Balaban J connectivity index is 1.65. The quantitative estimate of drug-likeness (QED) is 0.442. The molecule has 4 heteroatoms. The van der Waals surface area contributed by atoms with Crippen LogP contribution in [0.4, 0.5) is 0 Å². The van der Waals surface area contributed by atoms with Crippen LogP contribution in [0.15, 0.2) is 103 Å².